The van der Waals surface area contributed by atoms with Crippen LogP contribution in [0.25, 0.3) is 0 Å². The number of amides is 10. The highest BCUT2D eigenvalue weighted by Crippen LogP contribution is 2.37. The molecule has 117 heavy (non-hydrogen) atoms. The topological polar surface area (TPSA) is 388 Å². The molecule has 0 saturated carbocycles. The van der Waals surface area contributed by atoms with Crippen molar-refractivity contribution in [3.63, 3.8) is 0 Å². The van der Waals surface area contributed by atoms with Gasteiger partial charge in [0, 0.05) is 62.5 Å². The zero-order valence-corrected chi connectivity index (χ0v) is 78.7. The minimum absolute atomic E-state index is 0. The van der Waals surface area contributed by atoms with E-state index in [1.54, 1.807) is 68.6 Å². The molecule has 0 saturated heterocycles. The number of hydrogen-bond acceptors (Lipinski definition) is 23. The first-order valence-electron chi connectivity index (χ1n) is 39.7. The van der Waals surface area contributed by atoms with Gasteiger partial charge in [0.15, 0.2) is 7.29 Å². The van der Waals surface area contributed by atoms with Crippen LogP contribution in [0.1, 0.15) is 248 Å². The van der Waals surface area contributed by atoms with Crippen molar-refractivity contribution in [3.8, 4) is 0 Å². The van der Waals surface area contributed by atoms with E-state index in [1.807, 2.05) is 135 Å². The van der Waals surface area contributed by atoms with Crippen LogP contribution in [-0.2, 0) is 68.5 Å². The average Bonchev–Trinajstić information content (AvgIpc) is 0.913. The highest BCUT2D eigenvalue weighted by atomic mass is 32.4. The Labute approximate surface area is 727 Å². The number of rotatable bonds is 44. The molecule has 11 atom stereocenters. The van der Waals surface area contributed by atoms with E-state index in [0.717, 1.165) is 94.8 Å². The lowest BCUT2D eigenvalue weighted by Crippen LogP contribution is -2.33. The first-order chi connectivity index (χ1) is 54.9. The molecule has 0 aromatic heterocycles. The molecule has 0 aromatic carbocycles. The number of nitrogens with one attached hydrogen (secondary N) is 9. The van der Waals surface area contributed by atoms with Gasteiger partial charge in [0.05, 0.1) is 18.7 Å². The summed E-state index contributed by atoms with van der Waals surface area (Å²) in [6.45, 7) is 73.0. The van der Waals surface area contributed by atoms with Crippen molar-refractivity contribution in [1.29, 1.82) is 0 Å². The summed E-state index contributed by atoms with van der Waals surface area (Å²) in [4.78, 5) is 110. The molecule has 0 fully saturated rings. The van der Waals surface area contributed by atoms with Crippen LogP contribution in [0, 0.1) is 0 Å². The summed E-state index contributed by atoms with van der Waals surface area (Å²) in [5.41, 5.74) is 1.34. The van der Waals surface area contributed by atoms with Gasteiger partial charge in [-0.15, -0.1) is 44.7 Å². The number of hydrogen-bond donors (Lipinski definition) is 9. The fourth-order valence-electron chi connectivity index (χ4n) is 5.50. The Balaban J connectivity index is -0.0000000645. The summed E-state index contributed by atoms with van der Waals surface area (Å²) < 4.78 is 61.1. The molecular weight excluding hydrogens is 1590 g/mol. The second kappa shape index (κ2) is 88.5. The Hall–Kier alpha value is -8.31. The normalized spacial score (nSPS) is 13.1. The SMILES string of the molecule is C=C(C)C(=O)NC(=O)OC(C)CC.C=C(C)CCNC(=O)OC(C)CC.C=C/C=C/NC(=O)OC(C)CC.C=CCCCNC(=O)OC(C)CC.C=CCOCNC(=O)OC(C)CC.C=CCP(C)(=O)NC(=O)OC(C)CC.C=CCSCNC(=O)OC(C)CC.C=CP(C)(=S)NC(=O)OC(C)CC.CCC/C=C/NC(=O)OC(C)CC.[HH].[HH].[HH].[HH].[HH].[HH].[HH].[HH].[HH]. The van der Waals surface area contributed by atoms with E-state index < -0.39 is 49.9 Å². The van der Waals surface area contributed by atoms with Crippen LogP contribution in [0.3, 0.4) is 0 Å². The van der Waals surface area contributed by atoms with Gasteiger partial charge in [-0.2, -0.15) is 0 Å². The van der Waals surface area contributed by atoms with Crippen LogP contribution in [-0.4, -0.2) is 173 Å². The number of alkyl carbamates (subject to hydrolysis) is 7. The molecule has 698 valence electrons. The van der Waals surface area contributed by atoms with E-state index in [0.29, 0.717) is 32.0 Å². The summed E-state index contributed by atoms with van der Waals surface area (Å²) in [6.07, 6.45) is 20.7. The van der Waals surface area contributed by atoms with Gasteiger partial charge in [-0.25, -0.2) is 43.2 Å². The maximum absolute atomic E-state index is 11.6. The molecule has 34 heteroatoms. The zero-order chi connectivity index (χ0) is 92.2. The standard InChI is InChI=1S/3C10H19NO2.C9H18NO3P.C9H15NO3.C9H17NO3.C9H17NO2S.C9H15NO2.C8H16NO2PS.9H2/c1-5-9(4)13-10(12)11-7-6-8(2)3;2*1-4-6-7-8-11-10(12)13-9(3)5-2;1-5-7-14(4,12)10-9(11)13-8(3)6-2;1-5-7(4)13-9(12)10-8(11)6(2)3;1-4-6-12-7-10-9(11)13-8(3)5-2;1-4-6-13-7-10-9(11)12-8(3)5-2;1-4-6-7-10-9(11)12-8(3)5-2;1-5-7(3)11-8(10)9-12(4,13)6-2;;;;;;;;;/h9H,2,5-7H2,1,3-4H3,(H,11,12);7-9H,4-6H2,1-3H3,(H,11,12);4,9H,1,5-8H2,2-3H3,(H,11,12);5,8H,1,6-7H2,2-4H3,(H,10,11,12);7H,2,5H2,1,3-4H3,(H,10,11,12);2*4,8H,1,5-7H2,2-3H3,(H,10,11);4,6-8H,1,5H2,2-3H3,(H,10,11);6-7H,2,5H2,1,3-4H3,(H,9,10,13);9*1H/b;8-7+;;;;;;7-6+;;;;;;;;;;. The summed E-state index contributed by atoms with van der Waals surface area (Å²) in [6, 6.07) is 0. The second-order valence-electron chi connectivity index (χ2n) is 25.8. The first-order valence-corrected chi connectivity index (χ1v) is 46.5. The fourth-order valence-corrected chi connectivity index (χ4v) is 7.76. The number of carbonyl (C=O) groups is 10. The molecule has 0 heterocycles. The van der Waals surface area contributed by atoms with Crippen molar-refractivity contribution in [3.05, 3.63) is 125 Å². The minimum atomic E-state index is -2.66. The van der Waals surface area contributed by atoms with Gasteiger partial charge >= 0.3 is 54.8 Å². The molecule has 0 aliphatic rings. The Morgan fingerprint density at radius 3 is 1.17 bits per heavy atom. The Morgan fingerprint density at radius 2 is 0.821 bits per heavy atom. The van der Waals surface area contributed by atoms with Gasteiger partial charge < -0.3 is 67.9 Å². The van der Waals surface area contributed by atoms with E-state index in [2.05, 4.69) is 102 Å². The van der Waals surface area contributed by atoms with Crippen molar-refractivity contribution < 1.29 is 113 Å². The molecule has 0 aromatic rings. The van der Waals surface area contributed by atoms with Gasteiger partial charge in [-0.1, -0.05) is 149 Å². The smallest absolute Gasteiger partial charge is 0.414 e. The van der Waals surface area contributed by atoms with Gasteiger partial charge in [-0.3, -0.25) is 36.2 Å². The molecule has 30 nitrogen and oxygen atoms in total. The Morgan fingerprint density at radius 1 is 0.453 bits per heavy atom. The third-order valence-electron chi connectivity index (χ3n) is 14.0. The molecule has 0 aliphatic heterocycles. The molecule has 9 N–H and O–H groups in total. The van der Waals surface area contributed by atoms with Crippen LogP contribution in [0.5, 0.6) is 0 Å². The third kappa shape index (κ3) is 108. The summed E-state index contributed by atoms with van der Waals surface area (Å²) >= 11 is 6.68. The summed E-state index contributed by atoms with van der Waals surface area (Å²) in [7, 11) is -2.66. The molecule has 11 unspecified atom stereocenters. The first kappa shape index (κ1) is 127. The van der Waals surface area contributed by atoms with Crippen molar-refractivity contribution in [1.82, 2.24) is 47.4 Å². The highest BCUT2D eigenvalue weighted by molar-refractivity contribution is 8.15. The lowest BCUT2D eigenvalue weighted by Gasteiger charge is -2.16. The van der Waals surface area contributed by atoms with Crippen LogP contribution in [0.4, 0.5) is 43.2 Å². The largest absolute Gasteiger partial charge is 0.447 e. The predicted molar refractivity (Wildman–Crippen MR) is 503 cm³/mol. The minimum Gasteiger partial charge on any atom is -0.447 e. The van der Waals surface area contributed by atoms with Crippen LogP contribution < -0.4 is 47.4 Å². The van der Waals surface area contributed by atoms with E-state index in [-0.39, 0.29) is 111 Å². The second-order valence-corrected chi connectivity index (χ2v) is 34.5. The van der Waals surface area contributed by atoms with Crippen LogP contribution in [0.15, 0.2) is 125 Å². The quantitative estimate of drug-likeness (QED) is 0.00520. The van der Waals surface area contributed by atoms with Gasteiger partial charge in [-0.05, 0) is 178 Å². The maximum atomic E-state index is 11.6. The fraction of sp³-hybridized carbons (Fsp3) is 0.639. The monoisotopic (exact) mass is 1760 g/mol. The molecule has 0 aliphatic carbocycles. The zero-order valence-electron chi connectivity index (χ0n) is 75.3. The number of imide groups is 1. The van der Waals surface area contributed by atoms with E-state index in [4.69, 9.17) is 59.2 Å². The van der Waals surface area contributed by atoms with Gasteiger partial charge in [0.1, 0.15) is 61.7 Å². The molecule has 0 spiro atoms. The number of thioether (sulfide) groups is 1. The van der Waals surface area contributed by atoms with Crippen molar-refractivity contribution >= 4 is 97.8 Å². The van der Waals surface area contributed by atoms with Crippen LogP contribution in [0.2, 0.25) is 0 Å². The molecular formula is C83H173N9O21P2S2. The van der Waals surface area contributed by atoms with Crippen molar-refractivity contribution in [2.75, 3.05) is 57.5 Å². The highest BCUT2D eigenvalue weighted by Gasteiger charge is 2.19. The summed E-state index contributed by atoms with van der Waals surface area (Å²) in [5.74, 6) is 2.50. The van der Waals surface area contributed by atoms with E-state index in [9.17, 15) is 52.5 Å². The molecule has 10 amide bonds. The average molecular weight is 1760 g/mol. The van der Waals surface area contributed by atoms with Crippen molar-refractivity contribution in [2.45, 2.75) is 290 Å². The third-order valence-corrected chi connectivity index (χ3v) is 18.5. The Kier molecular flexibility index (Phi) is 95.9. The number of carbonyl (C=O) groups excluding carboxylic acids is 10. The number of allylic oxidation sites excluding steroid dienone is 5. The lowest BCUT2D eigenvalue weighted by atomic mass is 10.2. The molecule has 0 rings (SSSR count). The lowest BCUT2D eigenvalue weighted by molar-refractivity contribution is -0.117. The van der Waals surface area contributed by atoms with Gasteiger partial charge in [0.25, 0.3) is 5.91 Å². The van der Waals surface area contributed by atoms with Crippen LogP contribution >= 0.6 is 25.2 Å². The predicted octanol–water partition coefficient (Wildman–Crippen LogP) is 23.2. The van der Waals surface area contributed by atoms with Crippen molar-refractivity contribution in [2.24, 2.45) is 0 Å². The van der Waals surface area contributed by atoms with E-state index in [1.165, 1.54) is 25.9 Å². The maximum Gasteiger partial charge on any atom is 0.414 e. The Bertz CT molecular complexity index is 2870. The number of unbranched alkanes of at least 4 members (excludes halogenated alkanes) is 2. The molecule has 0 radical (unpaired) electrons. The number of ether oxygens (including phenoxy) is 10. The molecule has 0 bridgehead atoms. The summed E-state index contributed by atoms with van der Waals surface area (Å²) in [5, 5.41) is 22.4. The van der Waals surface area contributed by atoms with Gasteiger partial charge in [0.2, 0.25) is 0 Å². The van der Waals surface area contributed by atoms with E-state index >= 15 is 0 Å².